The number of thioether (sulfide) groups is 1. The van der Waals surface area contributed by atoms with E-state index in [1.165, 1.54) is 5.56 Å². The maximum absolute atomic E-state index is 10.7. The third-order valence-electron chi connectivity index (χ3n) is 2.72. The van der Waals surface area contributed by atoms with Crippen LogP contribution in [0.4, 0.5) is 0 Å². The molecule has 0 aromatic heterocycles. The first kappa shape index (κ1) is 14.4. The lowest BCUT2D eigenvalue weighted by molar-refractivity contribution is -0.139. The topological polar surface area (TPSA) is 49.3 Å². The lowest BCUT2D eigenvalue weighted by atomic mass is 10.2. The van der Waals surface area contributed by atoms with Crippen molar-refractivity contribution >= 4 is 30.1 Å². The van der Waals surface area contributed by atoms with Crippen LogP contribution in [0.5, 0.6) is 0 Å². The van der Waals surface area contributed by atoms with E-state index in [1.54, 1.807) is 0 Å². The number of halogens is 1. The molecule has 1 heterocycles. The summed E-state index contributed by atoms with van der Waals surface area (Å²) in [5.41, 5.74) is 1.30. The molecule has 0 spiro atoms. The lowest BCUT2D eigenvalue weighted by Crippen LogP contribution is -2.29. The van der Waals surface area contributed by atoms with Gasteiger partial charge in [0.05, 0.1) is 0 Å². The second-order valence-corrected chi connectivity index (χ2v) is 5.24. The van der Waals surface area contributed by atoms with Gasteiger partial charge in [0.25, 0.3) is 0 Å². The highest BCUT2D eigenvalue weighted by molar-refractivity contribution is 7.99. The lowest BCUT2D eigenvalue weighted by Gasteiger charge is -2.07. The van der Waals surface area contributed by atoms with E-state index in [-0.39, 0.29) is 18.4 Å². The molecule has 1 aliphatic rings. The first-order chi connectivity index (χ1) is 7.75. The van der Waals surface area contributed by atoms with Crippen molar-refractivity contribution in [1.82, 2.24) is 5.32 Å². The van der Waals surface area contributed by atoms with Crippen LogP contribution >= 0.6 is 24.2 Å². The third kappa shape index (κ3) is 4.22. The number of carbonyl (C=O) groups is 1. The van der Waals surface area contributed by atoms with Crippen molar-refractivity contribution in [2.75, 3.05) is 6.54 Å². The average Bonchev–Trinajstić information content (AvgIpc) is 2.76. The molecule has 1 aromatic rings. The Morgan fingerprint density at radius 1 is 1.41 bits per heavy atom. The minimum absolute atomic E-state index is 0. The molecule has 1 fully saturated rings. The van der Waals surface area contributed by atoms with Crippen LogP contribution in [0.25, 0.3) is 0 Å². The molecular weight excluding hydrogens is 258 g/mol. The molecule has 0 unspecified atom stereocenters. The molecule has 1 aliphatic heterocycles. The summed E-state index contributed by atoms with van der Waals surface area (Å²) in [5.74, 6) is 0.224. The highest BCUT2D eigenvalue weighted by atomic mass is 35.5. The number of rotatable bonds is 4. The highest BCUT2D eigenvalue weighted by Crippen LogP contribution is 2.24. The van der Waals surface area contributed by atoms with E-state index in [2.05, 4.69) is 17.4 Å². The van der Waals surface area contributed by atoms with E-state index in [1.807, 2.05) is 30.0 Å². The molecule has 5 heteroatoms. The van der Waals surface area contributed by atoms with Crippen LogP contribution in [0.1, 0.15) is 12.0 Å². The first-order valence-electron chi connectivity index (χ1n) is 5.37. The van der Waals surface area contributed by atoms with Crippen molar-refractivity contribution in [1.29, 1.82) is 0 Å². The molecule has 0 aliphatic carbocycles. The molecule has 2 atom stereocenters. The van der Waals surface area contributed by atoms with Gasteiger partial charge < -0.3 is 10.4 Å². The van der Waals surface area contributed by atoms with E-state index in [0.717, 1.165) is 18.7 Å². The maximum atomic E-state index is 10.7. The van der Waals surface area contributed by atoms with Crippen LogP contribution in [0, 0.1) is 0 Å². The van der Waals surface area contributed by atoms with E-state index >= 15 is 0 Å². The number of carboxylic acids is 1. The standard InChI is InChI=1S/C12H15NO2S.ClH/c14-12(15)11-6-10(7-13-11)16-8-9-4-2-1-3-5-9;/h1-5,10-11,13H,6-8H2,(H,14,15);1H/t10-,11-;/m0./s1. The summed E-state index contributed by atoms with van der Waals surface area (Å²) in [7, 11) is 0. The quantitative estimate of drug-likeness (QED) is 0.883. The minimum Gasteiger partial charge on any atom is -0.480 e. The fraction of sp³-hybridized carbons (Fsp3) is 0.417. The number of hydrogen-bond acceptors (Lipinski definition) is 3. The van der Waals surface area contributed by atoms with Gasteiger partial charge in [-0.2, -0.15) is 11.8 Å². The molecule has 2 N–H and O–H groups in total. The molecule has 2 rings (SSSR count). The van der Waals surface area contributed by atoms with Crippen molar-refractivity contribution in [3.05, 3.63) is 35.9 Å². The van der Waals surface area contributed by atoms with Crippen molar-refractivity contribution in [3.63, 3.8) is 0 Å². The van der Waals surface area contributed by atoms with Crippen LogP contribution < -0.4 is 5.32 Å². The summed E-state index contributed by atoms with van der Waals surface area (Å²) in [6.45, 7) is 0.800. The largest absolute Gasteiger partial charge is 0.480 e. The Hall–Kier alpha value is -0.710. The molecule has 1 saturated heterocycles. The fourth-order valence-corrected chi connectivity index (χ4v) is 2.97. The normalized spacial score (nSPS) is 23.1. The molecule has 0 saturated carbocycles. The molecular formula is C12H16ClNO2S. The Balaban J connectivity index is 0.00000144. The average molecular weight is 274 g/mol. The maximum Gasteiger partial charge on any atom is 0.320 e. The van der Waals surface area contributed by atoms with Crippen molar-refractivity contribution in [2.45, 2.75) is 23.5 Å². The predicted octanol–water partition coefficient (Wildman–Crippen LogP) is 2.16. The Bertz CT molecular complexity index is 361. The van der Waals surface area contributed by atoms with E-state index in [0.29, 0.717) is 5.25 Å². The molecule has 0 radical (unpaired) electrons. The molecule has 1 aromatic carbocycles. The van der Waals surface area contributed by atoms with Crippen LogP contribution in [0.3, 0.4) is 0 Å². The van der Waals surface area contributed by atoms with E-state index < -0.39 is 5.97 Å². The minimum atomic E-state index is -0.734. The second-order valence-electron chi connectivity index (χ2n) is 3.95. The number of aliphatic carboxylic acids is 1. The fourth-order valence-electron chi connectivity index (χ4n) is 1.81. The Morgan fingerprint density at radius 3 is 2.71 bits per heavy atom. The first-order valence-corrected chi connectivity index (χ1v) is 6.42. The summed E-state index contributed by atoms with van der Waals surface area (Å²) < 4.78 is 0. The summed E-state index contributed by atoms with van der Waals surface area (Å²) in [6, 6.07) is 9.92. The molecule has 0 bridgehead atoms. The van der Waals surface area contributed by atoms with E-state index in [9.17, 15) is 4.79 Å². The van der Waals surface area contributed by atoms with Gasteiger partial charge in [0.15, 0.2) is 0 Å². The molecule has 3 nitrogen and oxygen atoms in total. The Kier molecular flexibility index (Phi) is 5.82. The van der Waals surface area contributed by atoms with Crippen LogP contribution in [-0.2, 0) is 10.5 Å². The van der Waals surface area contributed by atoms with Crippen LogP contribution in [-0.4, -0.2) is 28.9 Å². The van der Waals surface area contributed by atoms with Gasteiger partial charge in [-0.05, 0) is 12.0 Å². The zero-order chi connectivity index (χ0) is 11.4. The van der Waals surface area contributed by atoms with Crippen molar-refractivity contribution < 1.29 is 9.90 Å². The summed E-state index contributed by atoms with van der Waals surface area (Å²) in [6.07, 6.45) is 0.729. The zero-order valence-corrected chi connectivity index (χ0v) is 11.0. The number of nitrogens with one attached hydrogen (secondary N) is 1. The number of benzene rings is 1. The summed E-state index contributed by atoms with van der Waals surface area (Å²) >= 11 is 1.83. The van der Waals surface area contributed by atoms with Gasteiger partial charge in [-0.25, -0.2) is 0 Å². The summed E-state index contributed by atoms with van der Waals surface area (Å²) in [5, 5.41) is 12.3. The zero-order valence-electron chi connectivity index (χ0n) is 9.33. The smallest absolute Gasteiger partial charge is 0.320 e. The SMILES string of the molecule is Cl.O=C(O)[C@@H]1C[C@H](SCc2ccccc2)CN1. The highest BCUT2D eigenvalue weighted by Gasteiger charge is 2.29. The van der Waals surface area contributed by atoms with Crippen LogP contribution in [0.15, 0.2) is 30.3 Å². The Morgan fingerprint density at radius 2 is 2.12 bits per heavy atom. The van der Waals surface area contributed by atoms with Gasteiger partial charge in [0, 0.05) is 17.5 Å². The predicted molar refractivity (Wildman–Crippen MR) is 72.8 cm³/mol. The van der Waals surface area contributed by atoms with Gasteiger partial charge in [-0.15, -0.1) is 12.4 Å². The van der Waals surface area contributed by atoms with Gasteiger partial charge in [0.2, 0.25) is 0 Å². The monoisotopic (exact) mass is 273 g/mol. The molecule has 17 heavy (non-hydrogen) atoms. The molecule has 0 amide bonds. The number of hydrogen-bond donors (Lipinski definition) is 2. The molecule has 94 valence electrons. The van der Waals surface area contributed by atoms with Gasteiger partial charge in [-0.1, -0.05) is 30.3 Å². The number of carboxylic acid groups (broad SMARTS) is 1. The van der Waals surface area contributed by atoms with E-state index in [4.69, 9.17) is 5.11 Å². The van der Waals surface area contributed by atoms with Gasteiger partial charge in [-0.3, -0.25) is 4.79 Å². The Labute approximate surface area is 111 Å². The van der Waals surface area contributed by atoms with Gasteiger partial charge >= 0.3 is 5.97 Å². The van der Waals surface area contributed by atoms with Gasteiger partial charge in [0.1, 0.15) is 6.04 Å². The second kappa shape index (κ2) is 6.89. The third-order valence-corrected chi connectivity index (χ3v) is 4.05. The van der Waals surface area contributed by atoms with Crippen molar-refractivity contribution in [3.8, 4) is 0 Å². The van der Waals surface area contributed by atoms with Crippen LogP contribution in [0.2, 0.25) is 0 Å². The summed E-state index contributed by atoms with van der Waals surface area (Å²) in [4.78, 5) is 10.7. The van der Waals surface area contributed by atoms with Crippen molar-refractivity contribution in [2.24, 2.45) is 0 Å².